The normalized spacial score (nSPS) is 11.0. The number of hydrogen-bond donors (Lipinski definition) is 1. The number of aromatic nitrogens is 1. The summed E-state index contributed by atoms with van der Waals surface area (Å²) in [5.41, 5.74) is 0.654. The van der Waals surface area contributed by atoms with Crippen LogP contribution in [0, 0.1) is 17.0 Å². The lowest BCUT2D eigenvalue weighted by molar-refractivity contribution is -0.380. The summed E-state index contributed by atoms with van der Waals surface area (Å²) in [5, 5.41) is 15.5. The number of carbonyl (C=O) groups is 1. The van der Waals surface area contributed by atoms with E-state index in [9.17, 15) is 14.9 Å². The summed E-state index contributed by atoms with van der Waals surface area (Å²) in [6, 6.07) is 6.66. The van der Waals surface area contributed by atoms with Crippen LogP contribution in [0.1, 0.15) is 10.6 Å². The topological polar surface area (TPSA) is 98.3 Å². The Morgan fingerprint density at radius 3 is 2.88 bits per heavy atom. The van der Waals surface area contributed by atoms with Crippen molar-refractivity contribution >= 4 is 44.8 Å². The zero-order chi connectivity index (χ0) is 17.1. The SMILES string of the molecule is Cc1ccc(-c2csc(NC(=O)C=Cc3ccc([N+](=O)[O-])s3)n2)o1. The van der Waals surface area contributed by atoms with E-state index in [1.54, 1.807) is 11.4 Å². The minimum Gasteiger partial charge on any atom is -0.460 e. The molecule has 24 heavy (non-hydrogen) atoms. The molecule has 3 aromatic heterocycles. The Labute approximate surface area is 144 Å². The van der Waals surface area contributed by atoms with Gasteiger partial charge < -0.3 is 4.42 Å². The van der Waals surface area contributed by atoms with Crippen molar-refractivity contribution in [1.82, 2.24) is 4.98 Å². The molecule has 0 saturated heterocycles. The van der Waals surface area contributed by atoms with E-state index in [1.165, 1.54) is 29.6 Å². The Balaban J connectivity index is 1.63. The molecule has 0 aliphatic heterocycles. The average molecular weight is 361 g/mol. The number of furan rings is 1. The van der Waals surface area contributed by atoms with E-state index in [0.717, 1.165) is 17.1 Å². The molecule has 7 nitrogen and oxygen atoms in total. The van der Waals surface area contributed by atoms with Gasteiger partial charge in [-0.3, -0.25) is 20.2 Å². The maximum atomic E-state index is 11.9. The van der Waals surface area contributed by atoms with Crippen molar-refractivity contribution in [3.8, 4) is 11.5 Å². The number of aryl methyl sites for hydroxylation is 1. The van der Waals surface area contributed by atoms with Crippen LogP contribution in [0.25, 0.3) is 17.5 Å². The lowest BCUT2D eigenvalue weighted by Crippen LogP contribution is -2.07. The Hall–Kier alpha value is -2.78. The van der Waals surface area contributed by atoms with E-state index in [1.807, 2.05) is 19.1 Å². The zero-order valence-electron chi connectivity index (χ0n) is 12.4. The molecular formula is C15H11N3O4S2. The molecule has 0 atom stereocenters. The van der Waals surface area contributed by atoms with Crippen molar-refractivity contribution in [1.29, 1.82) is 0 Å². The monoisotopic (exact) mass is 361 g/mol. The minimum absolute atomic E-state index is 0.0355. The number of amides is 1. The molecule has 0 aliphatic rings. The number of nitro groups is 1. The summed E-state index contributed by atoms with van der Waals surface area (Å²) in [6.07, 6.45) is 2.84. The summed E-state index contributed by atoms with van der Waals surface area (Å²) in [5.74, 6) is 1.07. The second kappa shape index (κ2) is 6.77. The number of nitrogens with one attached hydrogen (secondary N) is 1. The summed E-state index contributed by atoms with van der Waals surface area (Å²) < 4.78 is 5.48. The number of hydrogen-bond acceptors (Lipinski definition) is 7. The molecule has 1 N–H and O–H groups in total. The molecule has 3 aromatic rings. The number of thiazole rings is 1. The lowest BCUT2D eigenvalue weighted by Gasteiger charge is -1.95. The summed E-state index contributed by atoms with van der Waals surface area (Å²) in [4.78, 5) is 27.0. The quantitative estimate of drug-likeness (QED) is 0.414. The third-order valence-electron chi connectivity index (χ3n) is 2.92. The van der Waals surface area contributed by atoms with Gasteiger partial charge in [-0.15, -0.1) is 11.3 Å². The van der Waals surface area contributed by atoms with E-state index in [-0.39, 0.29) is 10.9 Å². The van der Waals surface area contributed by atoms with Gasteiger partial charge in [0.05, 0.1) is 4.92 Å². The van der Waals surface area contributed by atoms with Crippen LogP contribution >= 0.6 is 22.7 Å². The zero-order valence-corrected chi connectivity index (χ0v) is 14.0. The summed E-state index contributed by atoms with van der Waals surface area (Å²) in [6.45, 7) is 1.85. The first kappa shape index (κ1) is 16.1. The van der Waals surface area contributed by atoms with E-state index < -0.39 is 4.92 Å². The first-order valence-corrected chi connectivity index (χ1v) is 8.46. The molecule has 0 aliphatic carbocycles. The van der Waals surface area contributed by atoms with Gasteiger partial charge in [-0.2, -0.15) is 0 Å². The van der Waals surface area contributed by atoms with E-state index >= 15 is 0 Å². The number of anilines is 1. The summed E-state index contributed by atoms with van der Waals surface area (Å²) >= 11 is 2.29. The predicted molar refractivity (Wildman–Crippen MR) is 93.2 cm³/mol. The molecule has 0 unspecified atom stereocenters. The van der Waals surface area contributed by atoms with Crippen LogP contribution in [0.5, 0.6) is 0 Å². The molecule has 0 saturated carbocycles. The van der Waals surface area contributed by atoms with E-state index in [0.29, 0.717) is 21.5 Å². The molecule has 0 radical (unpaired) electrons. The van der Waals surface area contributed by atoms with E-state index in [2.05, 4.69) is 10.3 Å². The molecule has 0 spiro atoms. The standard InChI is InChI=1S/C15H11N3O4S2/c1-9-2-5-12(22-9)11-8-23-15(16-11)17-13(19)6-3-10-4-7-14(24-10)18(20)21/h2-8H,1H3,(H,16,17,19). The van der Waals surface area contributed by atoms with Crippen molar-refractivity contribution in [3.05, 3.63) is 56.5 Å². The molecule has 0 bridgehead atoms. The maximum Gasteiger partial charge on any atom is 0.324 e. The molecule has 0 fully saturated rings. The highest BCUT2D eigenvalue weighted by Gasteiger charge is 2.10. The van der Waals surface area contributed by atoms with Crippen LogP contribution in [0.15, 0.2) is 40.1 Å². The van der Waals surface area contributed by atoms with Gasteiger partial charge >= 0.3 is 5.00 Å². The highest BCUT2D eigenvalue weighted by molar-refractivity contribution is 7.16. The van der Waals surface area contributed by atoms with Gasteiger partial charge in [0, 0.05) is 22.4 Å². The van der Waals surface area contributed by atoms with Crippen molar-refractivity contribution < 1.29 is 14.1 Å². The number of nitrogens with zero attached hydrogens (tertiary/aromatic N) is 2. The first-order valence-electron chi connectivity index (χ1n) is 6.77. The van der Waals surface area contributed by atoms with E-state index in [4.69, 9.17) is 4.42 Å². The highest BCUT2D eigenvalue weighted by atomic mass is 32.1. The molecule has 0 aromatic carbocycles. The Morgan fingerprint density at radius 2 is 2.21 bits per heavy atom. The van der Waals surface area contributed by atoms with Crippen molar-refractivity contribution in [2.75, 3.05) is 5.32 Å². The van der Waals surface area contributed by atoms with Crippen LogP contribution in [-0.4, -0.2) is 15.8 Å². The fourth-order valence-electron chi connectivity index (χ4n) is 1.85. The molecule has 3 heterocycles. The largest absolute Gasteiger partial charge is 0.460 e. The molecule has 3 rings (SSSR count). The van der Waals surface area contributed by atoms with Gasteiger partial charge in [0.25, 0.3) is 0 Å². The second-order valence-electron chi connectivity index (χ2n) is 4.70. The average Bonchev–Trinajstić information content (AvgIpc) is 3.25. The minimum atomic E-state index is -0.463. The van der Waals surface area contributed by atoms with Crippen LogP contribution in [-0.2, 0) is 4.79 Å². The van der Waals surface area contributed by atoms with Gasteiger partial charge in [-0.25, -0.2) is 4.98 Å². The highest BCUT2D eigenvalue weighted by Crippen LogP contribution is 2.27. The third kappa shape index (κ3) is 3.76. The fraction of sp³-hybridized carbons (Fsp3) is 0.0667. The molecule has 9 heteroatoms. The van der Waals surface area contributed by atoms with Gasteiger partial charge in [-0.1, -0.05) is 11.3 Å². The second-order valence-corrected chi connectivity index (χ2v) is 6.66. The van der Waals surface area contributed by atoms with Crippen LogP contribution in [0.2, 0.25) is 0 Å². The smallest absolute Gasteiger partial charge is 0.324 e. The van der Waals surface area contributed by atoms with Gasteiger partial charge in [0.1, 0.15) is 11.5 Å². The maximum absolute atomic E-state index is 11.9. The van der Waals surface area contributed by atoms with Crippen molar-refractivity contribution in [2.24, 2.45) is 0 Å². The Kier molecular flexibility index (Phi) is 4.54. The van der Waals surface area contributed by atoms with Gasteiger partial charge in [0.15, 0.2) is 10.9 Å². The Morgan fingerprint density at radius 1 is 1.38 bits per heavy atom. The molecule has 122 valence electrons. The van der Waals surface area contributed by atoms with Crippen molar-refractivity contribution in [2.45, 2.75) is 6.92 Å². The van der Waals surface area contributed by atoms with Crippen LogP contribution < -0.4 is 5.32 Å². The molecular weight excluding hydrogens is 350 g/mol. The predicted octanol–water partition coefficient (Wildman–Crippen LogP) is 4.33. The van der Waals surface area contributed by atoms with Crippen LogP contribution in [0.4, 0.5) is 10.1 Å². The van der Waals surface area contributed by atoms with Gasteiger partial charge in [0.2, 0.25) is 5.91 Å². The lowest BCUT2D eigenvalue weighted by atomic mass is 10.4. The molecule has 1 amide bonds. The number of rotatable bonds is 5. The number of carbonyl (C=O) groups excluding carboxylic acids is 1. The van der Waals surface area contributed by atoms with Crippen molar-refractivity contribution in [3.63, 3.8) is 0 Å². The van der Waals surface area contributed by atoms with Crippen LogP contribution in [0.3, 0.4) is 0 Å². The number of thiophene rings is 1. The summed E-state index contributed by atoms with van der Waals surface area (Å²) in [7, 11) is 0. The Bertz CT molecular complexity index is 923. The fourth-order valence-corrected chi connectivity index (χ4v) is 3.28. The third-order valence-corrected chi connectivity index (χ3v) is 4.68. The van der Waals surface area contributed by atoms with Gasteiger partial charge in [-0.05, 0) is 31.2 Å². The first-order chi connectivity index (χ1) is 11.5.